The van der Waals surface area contributed by atoms with Crippen LogP contribution in [0.1, 0.15) is 44.1 Å². The number of hydrogen-bond donors (Lipinski definition) is 1. The summed E-state index contributed by atoms with van der Waals surface area (Å²) in [6.45, 7) is 0.873. The van der Waals surface area contributed by atoms with Crippen molar-refractivity contribution in [3.05, 3.63) is 35.6 Å². The number of carbonyl (C=O) groups excluding carboxylic acids is 1. The van der Waals surface area contributed by atoms with Crippen LogP contribution in [0.15, 0.2) is 24.3 Å². The molecule has 0 heterocycles. The van der Waals surface area contributed by atoms with E-state index in [0.29, 0.717) is 25.1 Å². The molecule has 0 atom stereocenters. The minimum Gasteiger partial charge on any atom is -0.341 e. The van der Waals surface area contributed by atoms with E-state index in [0.717, 1.165) is 25.7 Å². The van der Waals surface area contributed by atoms with Gasteiger partial charge in [-0.3, -0.25) is 4.79 Å². The molecule has 124 valence electrons. The first-order valence-electron chi connectivity index (χ1n) is 7.74. The fourth-order valence-corrected chi connectivity index (χ4v) is 3.18. The molecule has 22 heavy (non-hydrogen) atoms. The topological polar surface area (TPSA) is 46.3 Å². The number of amides is 1. The molecule has 1 saturated carbocycles. The van der Waals surface area contributed by atoms with Crippen LogP contribution in [0.25, 0.3) is 0 Å². The van der Waals surface area contributed by atoms with Crippen LogP contribution in [-0.2, 0) is 11.3 Å². The molecule has 0 radical (unpaired) electrons. The molecule has 0 aromatic heterocycles. The molecule has 1 fully saturated rings. The van der Waals surface area contributed by atoms with Gasteiger partial charge in [-0.05, 0) is 30.9 Å². The average Bonchev–Trinajstić information content (AvgIpc) is 2.50. The first kappa shape index (κ1) is 18.9. The quantitative estimate of drug-likeness (QED) is 0.899. The van der Waals surface area contributed by atoms with Crippen LogP contribution in [0.4, 0.5) is 4.39 Å². The van der Waals surface area contributed by atoms with Crippen molar-refractivity contribution < 1.29 is 9.18 Å². The zero-order valence-corrected chi connectivity index (χ0v) is 14.0. The van der Waals surface area contributed by atoms with Crippen molar-refractivity contribution in [3.8, 4) is 0 Å². The number of rotatable bonds is 5. The molecule has 1 aliphatic carbocycles. The molecule has 2 N–H and O–H groups in total. The van der Waals surface area contributed by atoms with E-state index < -0.39 is 0 Å². The molecular weight excluding hydrogens is 303 g/mol. The fourth-order valence-electron chi connectivity index (χ4n) is 3.18. The molecule has 1 amide bonds. The lowest BCUT2D eigenvalue weighted by Crippen LogP contribution is -2.39. The van der Waals surface area contributed by atoms with E-state index in [4.69, 9.17) is 5.73 Å². The Kier molecular flexibility index (Phi) is 7.30. The van der Waals surface area contributed by atoms with Gasteiger partial charge in [0.1, 0.15) is 5.82 Å². The normalized spacial score (nSPS) is 16.7. The summed E-state index contributed by atoms with van der Waals surface area (Å²) >= 11 is 0. The first-order valence-corrected chi connectivity index (χ1v) is 7.74. The predicted molar refractivity (Wildman–Crippen MR) is 89.3 cm³/mol. The molecule has 0 unspecified atom stereocenters. The highest BCUT2D eigenvalue weighted by atomic mass is 35.5. The van der Waals surface area contributed by atoms with Crippen LogP contribution in [0, 0.1) is 11.2 Å². The van der Waals surface area contributed by atoms with Crippen molar-refractivity contribution in [1.82, 2.24) is 4.90 Å². The summed E-state index contributed by atoms with van der Waals surface area (Å²) in [6.07, 6.45) is 6.09. The third-order valence-corrected chi connectivity index (χ3v) is 4.66. The summed E-state index contributed by atoms with van der Waals surface area (Å²) < 4.78 is 13.7. The summed E-state index contributed by atoms with van der Waals surface area (Å²) in [6, 6.07) is 6.60. The zero-order chi connectivity index (χ0) is 15.3. The molecule has 0 spiro atoms. The van der Waals surface area contributed by atoms with E-state index in [1.807, 2.05) is 0 Å². The second-order valence-electron chi connectivity index (χ2n) is 6.28. The number of hydrogen-bond acceptors (Lipinski definition) is 2. The molecule has 3 nitrogen and oxygen atoms in total. The van der Waals surface area contributed by atoms with Crippen LogP contribution in [0.5, 0.6) is 0 Å². The van der Waals surface area contributed by atoms with Gasteiger partial charge in [0.15, 0.2) is 0 Å². The standard InChI is InChI=1S/C17H25FN2O.ClH/c1-20(12-14-7-3-4-8-15(14)18)16(21)11-17(13-19)9-5-2-6-10-17;/h3-4,7-8H,2,5-6,9-13,19H2,1H3;1H. The Morgan fingerprint density at radius 1 is 1.27 bits per heavy atom. The molecule has 1 aromatic rings. The molecule has 2 rings (SSSR count). The van der Waals surface area contributed by atoms with Crippen molar-refractivity contribution in [2.45, 2.75) is 45.1 Å². The van der Waals surface area contributed by atoms with Crippen molar-refractivity contribution >= 4 is 18.3 Å². The Labute approximate surface area is 138 Å². The summed E-state index contributed by atoms with van der Waals surface area (Å²) in [5, 5.41) is 0. The lowest BCUT2D eigenvalue weighted by molar-refractivity contribution is -0.133. The zero-order valence-electron chi connectivity index (χ0n) is 13.2. The third kappa shape index (κ3) is 4.68. The van der Waals surface area contributed by atoms with E-state index in [-0.39, 0.29) is 29.5 Å². The van der Waals surface area contributed by atoms with Crippen LogP contribution in [0.3, 0.4) is 0 Å². The third-order valence-electron chi connectivity index (χ3n) is 4.66. The second-order valence-corrected chi connectivity index (χ2v) is 6.28. The smallest absolute Gasteiger partial charge is 0.223 e. The van der Waals surface area contributed by atoms with Gasteiger partial charge >= 0.3 is 0 Å². The Balaban J connectivity index is 0.00000242. The molecule has 0 aliphatic heterocycles. The minimum atomic E-state index is -0.261. The van der Waals surface area contributed by atoms with Crippen molar-refractivity contribution in [1.29, 1.82) is 0 Å². The Bertz CT molecular complexity index is 489. The van der Waals surface area contributed by atoms with Gasteiger partial charge < -0.3 is 10.6 Å². The summed E-state index contributed by atoms with van der Waals surface area (Å²) in [5.41, 5.74) is 6.44. The number of carbonyl (C=O) groups is 1. The maximum Gasteiger partial charge on any atom is 0.223 e. The molecule has 1 aromatic carbocycles. The van der Waals surface area contributed by atoms with Crippen molar-refractivity contribution in [3.63, 3.8) is 0 Å². The molecule has 0 saturated heterocycles. The highest BCUT2D eigenvalue weighted by Gasteiger charge is 2.33. The summed E-state index contributed by atoms with van der Waals surface area (Å²) in [5.74, 6) is -0.200. The van der Waals surface area contributed by atoms with Gasteiger partial charge in [-0.1, -0.05) is 37.5 Å². The van der Waals surface area contributed by atoms with Gasteiger partial charge in [0.2, 0.25) is 5.91 Å². The van der Waals surface area contributed by atoms with Crippen molar-refractivity contribution in [2.24, 2.45) is 11.1 Å². The maximum atomic E-state index is 13.7. The SMILES string of the molecule is CN(Cc1ccccc1F)C(=O)CC1(CN)CCCCC1.Cl. The summed E-state index contributed by atoms with van der Waals surface area (Å²) in [4.78, 5) is 14.1. The van der Waals surface area contributed by atoms with Crippen LogP contribution < -0.4 is 5.73 Å². The number of nitrogens with zero attached hydrogens (tertiary/aromatic N) is 1. The minimum absolute atomic E-state index is 0. The van der Waals surface area contributed by atoms with Crippen molar-refractivity contribution in [2.75, 3.05) is 13.6 Å². The molecule has 1 aliphatic rings. The lowest BCUT2D eigenvalue weighted by atomic mass is 9.71. The van der Waals surface area contributed by atoms with E-state index in [9.17, 15) is 9.18 Å². The average molecular weight is 329 g/mol. The van der Waals surface area contributed by atoms with Crippen LogP contribution in [0.2, 0.25) is 0 Å². The number of benzene rings is 1. The Morgan fingerprint density at radius 3 is 2.50 bits per heavy atom. The van der Waals surface area contributed by atoms with Crippen LogP contribution in [-0.4, -0.2) is 24.4 Å². The number of halogens is 2. The Morgan fingerprint density at radius 2 is 1.91 bits per heavy atom. The monoisotopic (exact) mass is 328 g/mol. The fraction of sp³-hybridized carbons (Fsp3) is 0.588. The first-order chi connectivity index (χ1) is 10.1. The molecule has 0 bridgehead atoms. The summed E-state index contributed by atoms with van der Waals surface area (Å²) in [7, 11) is 1.74. The van der Waals surface area contributed by atoms with Gasteiger partial charge in [-0.25, -0.2) is 4.39 Å². The van der Waals surface area contributed by atoms with E-state index in [1.54, 1.807) is 30.1 Å². The van der Waals surface area contributed by atoms with Crippen LogP contribution >= 0.6 is 12.4 Å². The highest BCUT2D eigenvalue weighted by Crippen LogP contribution is 2.38. The Hall–Kier alpha value is -1.13. The molecular formula is C17H26ClFN2O. The van der Waals surface area contributed by atoms with E-state index in [1.165, 1.54) is 12.5 Å². The van der Waals surface area contributed by atoms with Gasteiger partial charge in [-0.2, -0.15) is 0 Å². The highest BCUT2D eigenvalue weighted by molar-refractivity contribution is 5.85. The van der Waals surface area contributed by atoms with Gasteiger partial charge in [0.25, 0.3) is 0 Å². The lowest BCUT2D eigenvalue weighted by Gasteiger charge is -2.36. The van der Waals surface area contributed by atoms with Gasteiger partial charge in [0.05, 0.1) is 0 Å². The predicted octanol–water partition coefficient (Wildman–Crippen LogP) is 3.51. The maximum absolute atomic E-state index is 13.7. The second kappa shape index (κ2) is 8.49. The number of nitrogens with two attached hydrogens (primary N) is 1. The van der Waals surface area contributed by atoms with Gasteiger partial charge in [-0.15, -0.1) is 12.4 Å². The van der Waals surface area contributed by atoms with E-state index in [2.05, 4.69) is 0 Å². The molecule has 5 heteroatoms. The largest absolute Gasteiger partial charge is 0.341 e. The van der Waals surface area contributed by atoms with Gasteiger partial charge in [0, 0.05) is 25.6 Å². The van der Waals surface area contributed by atoms with E-state index >= 15 is 0 Å².